The lowest BCUT2D eigenvalue weighted by Crippen LogP contribution is -2.09. The molecule has 1 aliphatic carbocycles. The van der Waals surface area contributed by atoms with Gasteiger partial charge in [-0.25, -0.2) is 13.9 Å². The number of hydrogen-bond acceptors (Lipinski definition) is 4. The van der Waals surface area contributed by atoms with E-state index in [-0.39, 0.29) is 5.82 Å². The van der Waals surface area contributed by atoms with Crippen molar-refractivity contribution in [1.82, 2.24) is 14.6 Å². The van der Waals surface area contributed by atoms with E-state index in [9.17, 15) is 9.18 Å². The fraction of sp³-hybridized carbons (Fsp3) is 0.381. The van der Waals surface area contributed by atoms with Crippen molar-refractivity contribution in [2.75, 3.05) is 7.11 Å². The molecule has 142 valence electrons. The lowest BCUT2D eigenvalue weighted by molar-refractivity contribution is 0.112. The van der Waals surface area contributed by atoms with Gasteiger partial charge in [0.15, 0.2) is 11.9 Å². The Morgan fingerprint density at radius 2 is 1.74 bits per heavy atom. The first-order chi connectivity index (χ1) is 13.3. The van der Waals surface area contributed by atoms with Crippen LogP contribution in [0.5, 0.6) is 0 Å². The van der Waals surface area contributed by atoms with Gasteiger partial charge in [0, 0.05) is 24.8 Å². The highest BCUT2D eigenvalue weighted by atomic mass is 19.1. The maximum atomic E-state index is 13.3. The molecule has 1 aliphatic rings. The molecule has 6 heteroatoms. The van der Waals surface area contributed by atoms with Gasteiger partial charge in [-0.3, -0.25) is 4.79 Å². The van der Waals surface area contributed by atoms with Crippen LogP contribution in [0.3, 0.4) is 0 Å². The van der Waals surface area contributed by atoms with Gasteiger partial charge in [-0.1, -0.05) is 37.8 Å². The highest BCUT2D eigenvalue weighted by molar-refractivity contribution is 5.84. The number of aliphatic hydroxyl groups is 1. The Bertz CT molecular complexity index is 898. The molecule has 27 heavy (non-hydrogen) atoms. The molecular formula is C21H24FN3O2. The summed E-state index contributed by atoms with van der Waals surface area (Å²) in [6, 6.07) is 6.50. The van der Waals surface area contributed by atoms with E-state index < -0.39 is 0 Å². The number of rotatable bonds is 3. The predicted molar refractivity (Wildman–Crippen MR) is 102 cm³/mol. The third-order valence-corrected chi connectivity index (χ3v) is 5.12. The van der Waals surface area contributed by atoms with Crippen molar-refractivity contribution in [2.24, 2.45) is 0 Å². The van der Waals surface area contributed by atoms with Crippen LogP contribution >= 0.6 is 0 Å². The van der Waals surface area contributed by atoms with Gasteiger partial charge in [-0.2, -0.15) is 5.10 Å². The van der Waals surface area contributed by atoms with Gasteiger partial charge in [0.2, 0.25) is 0 Å². The summed E-state index contributed by atoms with van der Waals surface area (Å²) < 4.78 is 15.2. The Labute approximate surface area is 157 Å². The molecule has 0 unspecified atom stereocenters. The standard InChI is InChI=1S/C20H20FN3O.CH4O/c21-17-9-7-14(8-10-17)18-12-22-20-16(13-25)11-23-24(20)19(18)15-5-3-1-2-4-6-15;1-2/h7-13,15H,1-6H2;2H,1H3. The van der Waals surface area contributed by atoms with Crippen LogP contribution in [-0.2, 0) is 0 Å². The van der Waals surface area contributed by atoms with E-state index in [0.29, 0.717) is 17.1 Å². The summed E-state index contributed by atoms with van der Waals surface area (Å²) >= 11 is 0. The molecule has 1 N–H and O–H groups in total. The topological polar surface area (TPSA) is 67.5 Å². The second kappa shape index (κ2) is 8.86. The Kier molecular flexibility index (Phi) is 6.29. The lowest BCUT2D eigenvalue weighted by Gasteiger charge is -2.20. The number of aromatic nitrogens is 3. The predicted octanol–water partition coefficient (Wildman–Crippen LogP) is 4.39. The molecule has 0 amide bonds. The van der Waals surface area contributed by atoms with Crippen LogP contribution in [0.1, 0.15) is 60.5 Å². The SMILES string of the molecule is CO.O=Cc1cnn2c(C3CCCCCC3)c(-c3ccc(F)cc3)cnc12. The first-order valence-corrected chi connectivity index (χ1v) is 9.30. The van der Waals surface area contributed by atoms with Crippen molar-refractivity contribution in [3.8, 4) is 11.1 Å². The van der Waals surface area contributed by atoms with Crippen molar-refractivity contribution in [2.45, 2.75) is 44.4 Å². The van der Waals surface area contributed by atoms with Gasteiger partial charge < -0.3 is 5.11 Å². The summed E-state index contributed by atoms with van der Waals surface area (Å²) in [4.78, 5) is 15.7. The van der Waals surface area contributed by atoms with Gasteiger partial charge >= 0.3 is 0 Å². The fourth-order valence-electron chi connectivity index (χ4n) is 3.85. The Balaban J connectivity index is 0.00000102. The van der Waals surface area contributed by atoms with Crippen LogP contribution in [0.2, 0.25) is 0 Å². The maximum absolute atomic E-state index is 13.3. The van der Waals surface area contributed by atoms with E-state index in [1.54, 1.807) is 24.5 Å². The lowest BCUT2D eigenvalue weighted by atomic mass is 9.91. The van der Waals surface area contributed by atoms with Crippen LogP contribution in [-0.4, -0.2) is 33.1 Å². The highest BCUT2D eigenvalue weighted by Gasteiger charge is 2.23. The molecule has 0 atom stereocenters. The van der Waals surface area contributed by atoms with Crippen molar-refractivity contribution in [3.63, 3.8) is 0 Å². The van der Waals surface area contributed by atoms with Gasteiger partial charge in [0.25, 0.3) is 0 Å². The number of carbonyl (C=O) groups excluding carboxylic acids is 1. The van der Waals surface area contributed by atoms with Crippen LogP contribution in [0.15, 0.2) is 36.7 Å². The van der Waals surface area contributed by atoms with Crippen molar-refractivity contribution < 1.29 is 14.3 Å². The fourth-order valence-corrected chi connectivity index (χ4v) is 3.85. The number of nitrogens with zero attached hydrogens (tertiary/aromatic N) is 3. The molecular weight excluding hydrogens is 345 g/mol. The molecule has 4 rings (SSSR count). The van der Waals surface area contributed by atoms with E-state index in [2.05, 4.69) is 10.1 Å². The molecule has 1 fully saturated rings. The van der Waals surface area contributed by atoms with E-state index in [1.165, 1.54) is 37.8 Å². The van der Waals surface area contributed by atoms with Crippen LogP contribution in [0, 0.1) is 5.82 Å². The number of hydrogen-bond donors (Lipinski definition) is 1. The Morgan fingerprint density at radius 3 is 2.37 bits per heavy atom. The number of aliphatic hydroxyl groups excluding tert-OH is 1. The molecule has 2 heterocycles. The van der Waals surface area contributed by atoms with Gasteiger partial charge in [0.1, 0.15) is 5.82 Å². The van der Waals surface area contributed by atoms with Gasteiger partial charge in [0.05, 0.1) is 17.5 Å². The summed E-state index contributed by atoms with van der Waals surface area (Å²) in [5, 5.41) is 11.4. The van der Waals surface area contributed by atoms with Crippen molar-refractivity contribution in [1.29, 1.82) is 0 Å². The zero-order chi connectivity index (χ0) is 19.2. The van der Waals surface area contributed by atoms with Crippen LogP contribution in [0.25, 0.3) is 16.8 Å². The number of fused-ring (bicyclic) bond motifs is 1. The average molecular weight is 369 g/mol. The smallest absolute Gasteiger partial charge is 0.165 e. The quantitative estimate of drug-likeness (QED) is 0.549. The number of halogens is 1. The summed E-state index contributed by atoms with van der Waals surface area (Å²) in [5.74, 6) is 0.114. The minimum atomic E-state index is -0.254. The summed E-state index contributed by atoms with van der Waals surface area (Å²) in [6.07, 6.45) is 11.3. The van der Waals surface area contributed by atoms with Gasteiger partial charge in [-0.05, 0) is 30.5 Å². The maximum Gasteiger partial charge on any atom is 0.165 e. The largest absolute Gasteiger partial charge is 0.400 e. The second-order valence-corrected chi connectivity index (χ2v) is 6.71. The van der Waals surface area contributed by atoms with E-state index in [0.717, 1.165) is 43.1 Å². The van der Waals surface area contributed by atoms with Crippen molar-refractivity contribution >= 4 is 11.9 Å². The normalized spacial score (nSPS) is 15.1. The third-order valence-electron chi connectivity index (χ3n) is 5.12. The van der Waals surface area contributed by atoms with Crippen molar-refractivity contribution in [3.05, 3.63) is 53.7 Å². The molecule has 0 aliphatic heterocycles. The number of carbonyl (C=O) groups is 1. The molecule has 3 aromatic rings. The highest BCUT2D eigenvalue weighted by Crippen LogP contribution is 2.37. The molecule has 0 bridgehead atoms. The number of benzene rings is 1. The second-order valence-electron chi connectivity index (χ2n) is 6.71. The third kappa shape index (κ3) is 3.90. The van der Waals surface area contributed by atoms with E-state index in [4.69, 9.17) is 5.11 Å². The summed E-state index contributed by atoms with van der Waals surface area (Å²) in [5.41, 5.74) is 4.09. The van der Waals surface area contributed by atoms with E-state index in [1.807, 2.05) is 4.52 Å². The van der Waals surface area contributed by atoms with Crippen LogP contribution in [0.4, 0.5) is 4.39 Å². The molecule has 0 spiro atoms. The molecule has 0 radical (unpaired) electrons. The average Bonchev–Trinajstić information content (AvgIpc) is 2.94. The zero-order valence-electron chi connectivity index (χ0n) is 15.4. The summed E-state index contributed by atoms with van der Waals surface area (Å²) in [7, 11) is 1.00. The first kappa shape index (κ1) is 19.2. The van der Waals surface area contributed by atoms with E-state index >= 15 is 0 Å². The minimum Gasteiger partial charge on any atom is -0.400 e. The Hall–Kier alpha value is -2.60. The van der Waals surface area contributed by atoms with Gasteiger partial charge in [-0.15, -0.1) is 0 Å². The molecule has 1 saturated carbocycles. The summed E-state index contributed by atoms with van der Waals surface area (Å²) in [6.45, 7) is 0. The monoisotopic (exact) mass is 369 g/mol. The Morgan fingerprint density at radius 1 is 1.07 bits per heavy atom. The molecule has 1 aromatic carbocycles. The number of aldehydes is 1. The van der Waals surface area contributed by atoms with Crippen LogP contribution < -0.4 is 0 Å². The zero-order valence-corrected chi connectivity index (χ0v) is 15.4. The molecule has 5 nitrogen and oxygen atoms in total. The molecule has 2 aromatic heterocycles. The minimum absolute atomic E-state index is 0.254. The molecule has 0 saturated heterocycles. The first-order valence-electron chi connectivity index (χ1n) is 9.30.